The first-order valence-corrected chi connectivity index (χ1v) is 23.1. The largest absolute Gasteiger partial charge is 1.00 e. The number of sulfone groups is 1. The summed E-state index contributed by atoms with van der Waals surface area (Å²) < 4.78 is 170. The van der Waals surface area contributed by atoms with Crippen LogP contribution in [-0.2, 0) is 59.6 Å². The molecule has 0 bridgehead atoms. The molecule has 1 amide bonds. The van der Waals surface area contributed by atoms with Crippen LogP contribution in [0.2, 0.25) is 5.28 Å². The van der Waals surface area contributed by atoms with Gasteiger partial charge in [-0.2, -0.15) is 15.0 Å². The Hall–Kier alpha value is -1.54. The molecular formula is C29H21ClN8Na4O17S5. The summed E-state index contributed by atoms with van der Waals surface area (Å²) in [6.07, 6.45) is 0. The molecule has 4 N–H and O–H groups in total. The number of aromatic nitrogens is 3. The number of nitrogens with zero attached hydrogens (tertiary/aromatic N) is 5. The summed E-state index contributed by atoms with van der Waals surface area (Å²) >= 11 is 6.04. The van der Waals surface area contributed by atoms with Crippen molar-refractivity contribution in [1.29, 1.82) is 0 Å². The van der Waals surface area contributed by atoms with E-state index in [0.29, 0.717) is 18.2 Å². The van der Waals surface area contributed by atoms with Crippen LogP contribution in [0.15, 0.2) is 90.5 Å². The number of halogens is 1. The third-order valence-corrected chi connectivity index (χ3v) is 12.2. The second-order valence-electron chi connectivity index (χ2n) is 11.6. The molecule has 5 rings (SSSR count). The van der Waals surface area contributed by atoms with E-state index < -0.39 is 122 Å². The number of fused-ring (bicyclic) bond motifs is 1. The molecule has 0 aliphatic rings. The van der Waals surface area contributed by atoms with Gasteiger partial charge >= 0.3 is 118 Å². The number of benzene rings is 4. The van der Waals surface area contributed by atoms with E-state index in [9.17, 15) is 70.2 Å². The van der Waals surface area contributed by atoms with Gasteiger partial charge in [-0.3, -0.25) is 8.98 Å². The molecule has 0 atom stereocenters. The van der Waals surface area contributed by atoms with E-state index in [1.54, 1.807) is 0 Å². The first-order valence-electron chi connectivity index (χ1n) is 15.5. The number of rotatable bonds is 15. The summed E-state index contributed by atoms with van der Waals surface area (Å²) in [6, 6.07) is 9.20. The number of phenols is 1. The standard InChI is InChI=1S/C29H25ClN8O17S5.4Na/c1-14(39)31-21-13-19(57(43,44)45)9-15-10-23(59(49,50)51)25(26(40)24(15)21)38-37-20-12-17(5-6-22(20)58(46,47)48)33-29-35-27(30)34-28(36-29)32-16-3-2-4-18(11-16)56(41,42)8-7-55-60(52,53)54;;;;/h2-6,9-13,40H,7-8H2,1H3,(H,31,39)(H,43,44,45)(H,46,47,48)(H,49,50,51)(H,52,53,54)(H2,32,33,34,35,36);;;;/q;4*+1/p-4. The number of nitrogens with one attached hydrogen (secondary N) is 3. The Morgan fingerprint density at radius 2 is 1.30 bits per heavy atom. The molecule has 0 fully saturated rings. The number of phenolic OH excluding ortho intramolecular Hbond substituents is 1. The third-order valence-electron chi connectivity index (χ3n) is 7.37. The fourth-order valence-corrected chi connectivity index (χ4v) is 8.47. The van der Waals surface area contributed by atoms with Crippen LogP contribution in [0.3, 0.4) is 0 Å². The van der Waals surface area contributed by atoms with E-state index in [2.05, 4.69) is 45.3 Å². The van der Waals surface area contributed by atoms with Crippen LogP contribution in [0.4, 0.5) is 40.3 Å². The third kappa shape index (κ3) is 16.3. The van der Waals surface area contributed by atoms with Gasteiger partial charge in [-0.15, -0.1) is 10.2 Å². The predicted octanol–water partition coefficient (Wildman–Crippen LogP) is -9.78. The molecular weight excluding hydrogens is 1020 g/mol. The number of carbonyl (C=O) groups is 1. The maximum Gasteiger partial charge on any atom is 1.00 e. The molecule has 0 saturated heterocycles. The fraction of sp³-hybridized carbons (Fsp3) is 0.103. The summed E-state index contributed by atoms with van der Waals surface area (Å²) in [6.45, 7) is 0.00445. The minimum atomic E-state index is -5.65. The van der Waals surface area contributed by atoms with E-state index in [1.807, 2.05) is 0 Å². The zero-order valence-electron chi connectivity index (χ0n) is 33.3. The van der Waals surface area contributed by atoms with Gasteiger partial charge in [0.25, 0.3) is 0 Å². The first-order chi connectivity index (χ1) is 27.6. The van der Waals surface area contributed by atoms with Crippen LogP contribution in [0.5, 0.6) is 5.75 Å². The maximum absolute atomic E-state index is 12.7. The van der Waals surface area contributed by atoms with Gasteiger partial charge in [-0.05, 0) is 71.6 Å². The summed E-state index contributed by atoms with van der Waals surface area (Å²) in [5, 5.41) is 24.1. The van der Waals surface area contributed by atoms with Crippen LogP contribution in [0, 0.1) is 0 Å². The minimum absolute atomic E-state index is 0. The molecule has 5 aromatic rings. The molecule has 64 heavy (non-hydrogen) atoms. The zero-order chi connectivity index (χ0) is 44.6. The molecule has 1 heterocycles. The molecule has 0 saturated carbocycles. The normalized spacial score (nSPS) is 12.0. The smallest absolute Gasteiger partial charge is 0.744 e. The van der Waals surface area contributed by atoms with Gasteiger partial charge in [-0.1, -0.05) is 6.07 Å². The molecule has 0 spiro atoms. The van der Waals surface area contributed by atoms with Crippen molar-refractivity contribution in [2.45, 2.75) is 26.5 Å². The number of anilines is 5. The van der Waals surface area contributed by atoms with E-state index in [4.69, 9.17) is 11.6 Å². The van der Waals surface area contributed by atoms with Gasteiger partial charge in [-0.25, -0.2) is 42.1 Å². The minimum Gasteiger partial charge on any atom is -0.744 e. The number of amides is 1. The van der Waals surface area contributed by atoms with Gasteiger partial charge in [0.15, 0.2) is 15.6 Å². The monoisotopic (exact) mass is 1040 g/mol. The quantitative estimate of drug-likeness (QED) is 0.0327. The second-order valence-corrected chi connectivity index (χ2v) is 19.2. The second kappa shape index (κ2) is 23.7. The van der Waals surface area contributed by atoms with Crippen molar-refractivity contribution in [2.75, 3.05) is 28.3 Å². The van der Waals surface area contributed by atoms with Crippen LogP contribution < -0.4 is 134 Å². The Morgan fingerprint density at radius 3 is 1.83 bits per heavy atom. The molecule has 35 heteroatoms. The molecule has 25 nitrogen and oxygen atoms in total. The Bertz CT molecular complexity index is 3210. The van der Waals surface area contributed by atoms with Crippen molar-refractivity contribution in [3.63, 3.8) is 0 Å². The van der Waals surface area contributed by atoms with Crippen LogP contribution in [0.1, 0.15) is 6.92 Å². The van der Waals surface area contributed by atoms with Gasteiger partial charge in [0.1, 0.15) is 41.7 Å². The molecule has 1 aromatic heterocycles. The number of azo groups is 1. The molecule has 4 aromatic carbocycles. The molecule has 0 radical (unpaired) electrons. The predicted molar refractivity (Wildman–Crippen MR) is 200 cm³/mol. The maximum atomic E-state index is 12.7. The molecule has 0 aliphatic heterocycles. The van der Waals surface area contributed by atoms with Crippen LogP contribution in [0.25, 0.3) is 10.8 Å². The average Bonchev–Trinajstić information content (AvgIpc) is 3.08. The number of hydrogen-bond acceptors (Lipinski definition) is 24. The summed E-state index contributed by atoms with van der Waals surface area (Å²) in [5.41, 5.74) is -2.69. The van der Waals surface area contributed by atoms with Crippen molar-refractivity contribution in [2.24, 2.45) is 10.2 Å². The van der Waals surface area contributed by atoms with E-state index >= 15 is 0 Å². The van der Waals surface area contributed by atoms with Gasteiger partial charge < -0.3 is 39.3 Å². The number of hydrogen-bond donors (Lipinski definition) is 4. The molecule has 0 aliphatic carbocycles. The van der Waals surface area contributed by atoms with E-state index in [0.717, 1.165) is 37.3 Å². The number of aromatic hydroxyl groups is 1. The summed E-state index contributed by atoms with van der Waals surface area (Å²) in [5.74, 6) is -3.66. The Morgan fingerprint density at radius 1 is 0.719 bits per heavy atom. The van der Waals surface area contributed by atoms with Crippen molar-refractivity contribution < 1.29 is 193 Å². The SMILES string of the molecule is CC(=O)Nc1cc(S(=O)(=O)[O-])cc2cc(S(=O)(=O)[O-])c(N=Nc3cc(Nc4nc(Cl)nc(Nc5cccc(S(=O)(=O)CCOS(=O)(=O)[O-])c5)n4)ccc3S(=O)(=O)[O-])c(O)c12.[Na+].[Na+].[Na+].[Na+]. The van der Waals surface area contributed by atoms with Crippen LogP contribution in [-0.4, -0.2) is 98.6 Å². The van der Waals surface area contributed by atoms with Gasteiger partial charge in [0.05, 0.1) is 37.6 Å². The topological polar surface area (TPSA) is 409 Å². The van der Waals surface area contributed by atoms with Gasteiger partial charge in [0.2, 0.25) is 33.5 Å². The fourth-order valence-electron chi connectivity index (χ4n) is 5.02. The van der Waals surface area contributed by atoms with E-state index in [1.165, 1.54) is 12.1 Å². The average molecular weight is 1040 g/mol. The number of carbonyl (C=O) groups excluding carboxylic acids is 1. The zero-order valence-corrected chi connectivity index (χ0v) is 46.2. The summed E-state index contributed by atoms with van der Waals surface area (Å²) in [7, 11) is -25.6. The van der Waals surface area contributed by atoms with E-state index in [-0.39, 0.29) is 146 Å². The Labute approximate surface area is 457 Å². The summed E-state index contributed by atoms with van der Waals surface area (Å²) in [4.78, 5) is 19.9. The molecule has 0 unspecified atom stereocenters. The van der Waals surface area contributed by atoms with Crippen molar-refractivity contribution >= 4 is 119 Å². The molecule has 320 valence electrons. The van der Waals surface area contributed by atoms with Crippen molar-refractivity contribution in [1.82, 2.24) is 15.0 Å². The van der Waals surface area contributed by atoms with Gasteiger partial charge in [0, 0.05) is 23.7 Å². The first kappa shape index (κ1) is 60.5. The van der Waals surface area contributed by atoms with Crippen LogP contribution >= 0.6 is 11.6 Å². The Kier molecular flexibility index (Phi) is 22.4. The van der Waals surface area contributed by atoms with Crippen molar-refractivity contribution in [3.8, 4) is 5.75 Å². The van der Waals surface area contributed by atoms with Crippen molar-refractivity contribution in [3.05, 3.63) is 65.9 Å². The Balaban J connectivity index is 0.00000512.